The van der Waals surface area contributed by atoms with E-state index in [1.165, 1.54) is 6.42 Å². The third-order valence-electron chi connectivity index (χ3n) is 4.38. The molecule has 2 nitrogen and oxygen atoms in total. The van der Waals surface area contributed by atoms with Crippen LogP contribution in [0.2, 0.25) is 5.02 Å². The first-order valence-corrected chi connectivity index (χ1v) is 8.65. The maximum atomic E-state index is 12.3. The van der Waals surface area contributed by atoms with E-state index in [1.807, 2.05) is 6.07 Å². The SMILES string of the molecule is CC(C)(C)C1CCN(CCC(=O)c2ccc(Br)cc2Cl)C1. The van der Waals surface area contributed by atoms with Gasteiger partial charge in [0.1, 0.15) is 0 Å². The predicted octanol–water partition coefficient (Wildman–Crippen LogP) is 5.04. The van der Waals surface area contributed by atoms with Crippen molar-refractivity contribution in [3.05, 3.63) is 33.3 Å². The van der Waals surface area contributed by atoms with Crippen LogP contribution in [0, 0.1) is 11.3 Å². The molecular formula is C17H23BrClNO. The Bertz CT molecular complexity index is 524. The molecule has 1 aromatic rings. The fourth-order valence-corrected chi connectivity index (χ4v) is 3.63. The van der Waals surface area contributed by atoms with Gasteiger partial charge in [-0.3, -0.25) is 4.79 Å². The van der Waals surface area contributed by atoms with Gasteiger partial charge >= 0.3 is 0 Å². The number of carbonyl (C=O) groups excluding carboxylic acids is 1. The number of nitrogens with zero attached hydrogens (tertiary/aromatic N) is 1. The molecule has 1 aliphatic rings. The van der Waals surface area contributed by atoms with E-state index in [9.17, 15) is 4.79 Å². The lowest BCUT2D eigenvalue weighted by molar-refractivity contribution is 0.0967. The Labute approximate surface area is 141 Å². The first-order valence-electron chi connectivity index (χ1n) is 7.48. The number of rotatable bonds is 4. The van der Waals surface area contributed by atoms with Crippen molar-refractivity contribution in [2.24, 2.45) is 11.3 Å². The van der Waals surface area contributed by atoms with Crippen molar-refractivity contribution in [1.82, 2.24) is 4.90 Å². The van der Waals surface area contributed by atoms with E-state index in [2.05, 4.69) is 41.6 Å². The zero-order valence-electron chi connectivity index (χ0n) is 13.0. The standard InChI is InChI=1S/C17H23BrClNO/c1-17(2,3)12-6-8-20(11-12)9-7-16(21)14-5-4-13(18)10-15(14)19/h4-5,10,12H,6-9,11H2,1-3H3. The van der Waals surface area contributed by atoms with Gasteiger partial charge in [-0.1, -0.05) is 48.3 Å². The topological polar surface area (TPSA) is 20.3 Å². The second kappa shape index (κ2) is 6.80. The number of hydrogen-bond acceptors (Lipinski definition) is 2. The minimum Gasteiger partial charge on any atom is -0.303 e. The Morgan fingerprint density at radius 1 is 1.43 bits per heavy atom. The molecule has 1 heterocycles. The van der Waals surface area contributed by atoms with Crippen LogP contribution in [0.4, 0.5) is 0 Å². The lowest BCUT2D eigenvalue weighted by Gasteiger charge is -2.27. The Kier molecular flexibility index (Phi) is 5.50. The lowest BCUT2D eigenvalue weighted by atomic mass is 9.80. The molecule has 21 heavy (non-hydrogen) atoms. The second-order valence-corrected chi connectivity index (χ2v) is 8.27. The first kappa shape index (κ1) is 17.0. The number of likely N-dealkylation sites (tertiary alicyclic amines) is 1. The van der Waals surface area contributed by atoms with Gasteiger partial charge < -0.3 is 4.90 Å². The molecule has 116 valence electrons. The summed E-state index contributed by atoms with van der Waals surface area (Å²) in [6, 6.07) is 5.45. The van der Waals surface area contributed by atoms with E-state index in [0.29, 0.717) is 22.4 Å². The monoisotopic (exact) mass is 371 g/mol. The van der Waals surface area contributed by atoms with Gasteiger partial charge in [0.2, 0.25) is 0 Å². The molecular weight excluding hydrogens is 350 g/mol. The van der Waals surface area contributed by atoms with Crippen LogP contribution in [-0.4, -0.2) is 30.3 Å². The summed E-state index contributed by atoms with van der Waals surface area (Å²) in [6.45, 7) is 9.93. The van der Waals surface area contributed by atoms with Crippen molar-refractivity contribution in [3.8, 4) is 0 Å². The van der Waals surface area contributed by atoms with E-state index in [1.54, 1.807) is 12.1 Å². The van der Waals surface area contributed by atoms with Gasteiger partial charge in [0, 0.05) is 29.5 Å². The van der Waals surface area contributed by atoms with Crippen LogP contribution in [0.5, 0.6) is 0 Å². The number of benzene rings is 1. The van der Waals surface area contributed by atoms with Gasteiger partial charge in [0.05, 0.1) is 5.02 Å². The maximum Gasteiger partial charge on any atom is 0.165 e. The van der Waals surface area contributed by atoms with Gasteiger partial charge in [-0.25, -0.2) is 0 Å². The van der Waals surface area contributed by atoms with Crippen LogP contribution in [0.15, 0.2) is 22.7 Å². The minimum absolute atomic E-state index is 0.131. The molecule has 0 bridgehead atoms. The molecule has 1 aliphatic heterocycles. The summed E-state index contributed by atoms with van der Waals surface area (Å²) in [5, 5.41) is 0.531. The summed E-state index contributed by atoms with van der Waals surface area (Å²) in [5.41, 5.74) is 0.986. The van der Waals surface area contributed by atoms with Crippen LogP contribution in [-0.2, 0) is 0 Å². The van der Waals surface area contributed by atoms with Crippen LogP contribution >= 0.6 is 27.5 Å². The molecule has 4 heteroatoms. The minimum atomic E-state index is 0.131. The van der Waals surface area contributed by atoms with Crippen LogP contribution in [0.3, 0.4) is 0 Å². The molecule has 1 saturated heterocycles. The lowest BCUT2D eigenvalue weighted by Crippen LogP contribution is -2.27. The number of halogens is 2. The van der Waals surface area contributed by atoms with E-state index >= 15 is 0 Å². The number of Topliss-reactive ketones (excluding diaryl/α,β-unsaturated/α-hetero) is 1. The molecule has 0 spiro atoms. The highest BCUT2D eigenvalue weighted by molar-refractivity contribution is 9.10. The molecule has 0 amide bonds. The number of hydrogen-bond donors (Lipinski definition) is 0. The Hall–Kier alpha value is -0.380. The molecule has 2 rings (SSSR count). The van der Waals surface area contributed by atoms with Crippen LogP contribution in [0.1, 0.15) is 44.0 Å². The summed E-state index contributed by atoms with van der Waals surface area (Å²) in [7, 11) is 0. The Morgan fingerprint density at radius 2 is 2.14 bits per heavy atom. The molecule has 0 aliphatic carbocycles. The van der Waals surface area contributed by atoms with Gasteiger partial charge in [0.15, 0.2) is 5.78 Å². The number of carbonyl (C=O) groups is 1. The molecule has 1 unspecified atom stereocenters. The highest BCUT2D eigenvalue weighted by atomic mass is 79.9. The van der Waals surface area contributed by atoms with E-state index < -0.39 is 0 Å². The summed E-state index contributed by atoms with van der Waals surface area (Å²) in [5.74, 6) is 0.857. The van der Waals surface area contributed by atoms with Crippen LogP contribution in [0.25, 0.3) is 0 Å². The highest BCUT2D eigenvalue weighted by Crippen LogP contribution is 2.33. The van der Waals surface area contributed by atoms with Gasteiger partial charge in [-0.2, -0.15) is 0 Å². The van der Waals surface area contributed by atoms with E-state index in [-0.39, 0.29) is 5.78 Å². The molecule has 0 N–H and O–H groups in total. The molecule has 0 aromatic heterocycles. The molecule has 1 atom stereocenters. The summed E-state index contributed by atoms with van der Waals surface area (Å²) in [6.07, 6.45) is 1.77. The molecule has 1 aromatic carbocycles. The summed E-state index contributed by atoms with van der Waals surface area (Å²) >= 11 is 9.50. The molecule has 0 saturated carbocycles. The highest BCUT2D eigenvalue weighted by Gasteiger charge is 2.31. The number of ketones is 1. The van der Waals surface area contributed by atoms with Gasteiger partial charge in [-0.15, -0.1) is 0 Å². The predicted molar refractivity (Wildman–Crippen MR) is 92.1 cm³/mol. The van der Waals surface area contributed by atoms with Gasteiger partial charge in [-0.05, 0) is 42.5 Å². The largest absolute Gasteiger partial charge is 0.303 e. The third kappa shape index (κ3) is 4.54. The normalized spacial score (nSPS) is 20.0. The van der Waals surface area contributed by atoms with E-state index in [0.717, 1.165) is 30.0 Å². The fraction of sp³-hybridized carbons (Fsp3) is 0.588. The van der Waals surface area contributed by atoms with Gasteiger partial charge in [0.25, 0.3) is 0 Å². The van der Waals surface area contributed by atoms with Crippen molar-refractivity contribution in [3.63, 3.8) is 0 Å². The summed E-state index contributed by atoms with van der Waals surface area (Å²) < 4.78 is 0.900. The fourth-order valence-electron chi connectivity index (χ4n) is 2.85. The first-order chi connectivity index (χ1) is 9.77. The van der Waals surface area contributed by atoms with Crippen molar-refractivity contribution in [1.29, 1.82) is 0 Å². The maximum absolute atomic E-state index is 12.3. The average molecular weight is 373 g/mol. The third-order valence-corrected chi connectivity index (χ3v) is 5.19. The zero-order chi connectivity index (χ0) is 15.6. The smallest absolute Gasteiger partial charge is 0.165 e. The van der Waals surface area contributed by atoms with Crippen molar-refractivity contribution in [2.45, 2.75) is 33.6 Å². The van der Waals surface area contributed by atoms with E-state index in [4.69, 9.17) is 11.6 Å². The summed E-state index contributed by atoms with van der Waals surface area (Å²) in [4.78, 5) is 14.7. The van der Waals surface area contributed by atoms with Crippen molar-refractivity contribution < 1.29 is 4.79 Å². The second-order valence-electron chi connectivity index (χ2n) is 6.95. The average Bonchev–Trinajstić information content (AvgIpc) is 2.84. The molecule has 1 fully saturated rings. The van der Waals surface area contributed by atoms with Crippen molar-refractivity contribution >= 4 is 33.3 Å². The van der Waals surface area contributed by atoms with Crippen LogP contribution < -0.4 is 0 Å². The Morgan fingerprint density at radius 3 is 2.71 bits per heavy atom. The molecule has 0 radical (unpaired) electrons. The zero-order valence-corrected chi connectivity index (χ0v) is 15.3. The van der Waals surface area contributed by atoms with Crippen molar-refractivity contribution in [2.75, 3.05) is 19.6 Å². The Balaban J connectivity index is 1.88. The quantitative estimate of drug-likeness (QED) is 0.690.